The van der Waals surface area contributed by atoms with Crippen LogP contribution in [0.25, 0.3) is 0 Å². The van der Waals surface area contributed by atoms with Crippen molar-refractivity contribution in [2.45, 2.75) is 50.7 Å². The Morgan fingerprint density at radius 2 is 1.96 bits per heavy atom. The van der Waals surface area contributed by atoms with E-state index in [0.29, 0.717) is 24.7 Å². The van der Waals surface area contributed by atoms with Crippen molar-refractivity contribution in [2.24, 2.45) is 17.8 Å². The van der Waals surface area contributed by atoms with E-state index in [4.69, 9.17) is 0 Å². The molecule has 7 nitrogen and oxygen atoms in total. The number of halogens is 2. The molecule has 3 N–H and O–H groups in total. The van der Waals surface area contributed by atoms with Crippen molar-refractivity contribution in [1.29, 1.82) is 0 Å². The number of likely N-dealkylation sites (tertiary alicyclic amines) is 1. The third-order valence-corrected chi connectivity index (χ3v) is 6.30. The molecule has 1 aromatic heterocycles. The second-order valence-corrected chi connectivity index (χ2v) is 8.02. The van der Waals surface area contributed by atoms with Crippen LogP contribution < -0.4 is 5.32 Å². The number of amides is 2. The van der Waals surface area contributed by atoms with Crippen LogP contribution in [-0.4, -0.2) is 57.3 Å². The van der Waals surface area contributed by atoms with Crippen LogP contribution in [0.1, 0.15) is 54.7 Å². The second kappa shape index (κ2) is 7.18. The Balaban J connectivity index is 1.34. The Labute approximate surface area is 155 Å². The SMILES string of the molecule is O=C(N[C@@H]1C[C@H](C(=O)N2C[C@H]3CCC[C@H]3C2)C[C@H]1O)c1cc(C(F)F)[nH]n1. The maximum absolute atomic E-state index is 12.8. The highest BCUT2D eigenvalue weighted by molar-refractivity contribution is 5.92. The fourth-order valence-electron chi connectivity index (χ4n) is 4.85. The average molecular weight is 382 g/mol. The van der Waals surface area contributed by atoms with Crippen LogP contribution in [0.15, 0.2) is 6.07 Å². The average Bonchev–Trinajstić information content (AvgIpc) is 3.37. The first-order chi connectivity index (χ1) is 12.9. The number of aliphatic hydroxyl groups is 1. The van der Waals surface area contributed by atoms with Gasteiger partial charge in [-0.2, -0.15) is 5.10 Å². The quantitative estimate of drug-likeness (QED) is 0.735. The van der Waals surface area contributed by atoms with Gasteiger partial charge in [0.1, 0.15) is 11.4 Å². The monoisotopic (exact) mass is 382 g/mol. The zero-order valence-corrected chi connectivity index (χ0v) is 14.9. The molecular formula is C18H24F2N4O3. The molecule has 1 saturated heterocycles. The van der Waals surface area contributed by atoms with Gasteiger partial charge in [0.25, 0.3) is 12.3 Å². The summed E-state index contributed by atoms with van der Waals surface area (Å²) in [5.41, 5.74) is -0.584. The molecule has 5 atom stereocenters. The highest BCUT2D eigenvalue weighted by Crippen LogP contribution is 2.39. The minimum Gasteiger partial charge on any atom is -0.391 e. The summed E-state index contributed by atoms with van der Waals surface area (Å²) in [5, 5.41) is 18.6. The highest BCUT2D eigenvalue weighted by atomic mass is 19.3. The van der Waals surface area contributed by atoms with E-state index >= 15 is 0 Å². The fourth-order valence-corrected chi connectivity index (χ4v) is 4.85. The van der Waals surface area contributed by atoms with Gasteiger partial charge in [0.15, 0.2) is 0 Å². The van der Waals surface area contributed by atoms with Gasteiger partial charge in [0.05, 0.1) is 12.1 Å². The summed E-state index contributed by atoms with van der Waals surface area (Å²) in [6, 6.07) is 0.410. The second-order valence-electron chi connectivity index (χ2n) is 8.02. The molecule has 148 valence electrons. The van der Waals surface area contributed by atoms with Crippen LogP contribution in [0.5, 0.6) is 0 Å². The standard InChI is InChI=1S/C18H24F2N4O3/c19-16(20)13-6-14(23-22-13)17(26)21-12-4-11(5-15(12)25)18(27)24-7-9-2-1-3-10(9)8-24/h6,9-12,15-16,25H,1-5,7-8H2,(H,21,26)(H,22,23)/t9-,10+,11-,12+,15+/m0/s1. The zero-order chi connectivity index (χ0) is 19.1. The van der Waals surface area contributed by atoms with Crippen molar-refractivity contribution in [3.8, 4) is 0 Å². The molecule has 2 saturated carbocycles. The number of nitrogens with one attached hydrogen (secondary N) is 2. The number of rotatable bonds is 4. The molecule has 2 heterocycles. The van der Waals surface area contributed by atoms with Crippen LogP contribution in [-0.2, 0) is 4.79 Å². The molecule has 3 aliphatic rings. The summed E-state index contributed by atoms with van der Waals surface area (Å²) in [6.07, 6.45) is 0.697. The minimum absolute atomic E-state index is 0.0555. The van der Waals surface area contributed by atoms with Crippen LogP contribution in [0.2, 0.25) is 0 Å². The number of alkyl halides is 2. The molecule has 0 radical (unpaired) electrons. The van der Waals surface area contributed by atoms with Gasteiger partial charge in [-0.1, -0.05) is 6.42 Å². The third-order valence-electron chi connectivity index (χ3n) is 6.30. The largest absolute Gasteiger partial charge is 0.391 e. The van der Waals surface area contributed by atoms with E-state index in [1.165, 1.54) is 19.3 Å². The normalized spacial score (nSPS) is 32.9. The number of hydrogen-bond donors (Lipinski definition) is 3. The number of aromatic nitrogens is 2. The molecule has 1 aromatic rings. The van der Waals surface area contributed by atoms with Crippen LogP contribution in [0.4, 0.5) is 8.78 Å². The Morgan fingerprint density at radius 1 is 1.26 bits per heavy atom. The van der Waals surface area contributed by atoms with E-state index in [0.717, 1.165) is 19.2 Å². The zero-order valence-electron chi connectivity index (χ0n) is 14.9. The molecule has 4 rings (SSSR count). The number of hydrogen-bond acceptors (Lipinski definition) is 4. The lowest BCUT2D eigenvalue weighted by molar-refractivity contribution is -0.134. The third kappa shape index (κ3) is 3.56. The molecule has 27 heavy (non-hydrogen) atoms. The van der Waals surface area contributed by atoms with E-state index in [-0.39, 0.29) is 17.5 Å². The molecule has 1 aliphatic heterocycles. The smallest absolute Gasteiger partial charge is 0.279 e. The maximum Gasteiger partial charge on any atom is 0.279 e. The van der Waals surface area contributed by atoms with Crippen LogP contribution in [0.3, 0.4) is 0 Å². The van der Waals surface area contributed by atoms with E-state index < -0.39 is 30.2 Å². The Kier molecular flexibility index (Phi) is 4.88. The summed E-state index contributed by atoms with van der Waals surface area (Å²) in [4.78, 5) is 26.9. The first kappa shape index (κ1) is 18.3. The van der Waals surface area contributed by atoms with Gasteiger partial charge in [0, 0.05) is 19.0 Å². The van der Waals surface area contributed by atoms with Gasteiger partial charge in [-0.25, -0.2) is 8.78 Å². The lowest BCUT2D eigenvalue weighted by Gasteiger charge is -2.21. The van der Waals surface area contributed by atoms with E-state index in [9.17, 15) is 23.5 Å². The van der Waals surface area contributed by atoms with Gasteiger partial charge in [-0.05, 0) is 43.6 Å². The van der Waals surface area contributed by atoms with E-state index in [1.807, 2.05) is 4.90 Å². The predicted octanol–water partition coefficient (Wildman–Crippen LogP) is 1.48. The molecule has 0 bridgehead atoms. The minimum atomic E-state index is -2.74. The van der Waals surface area contributed by atoms with Gasteiger partial charge in [-0.15, -0.1) is 0 Å². The number of fused-ring (bicyclic) bond motifs is 1. The Bertz CT molecular complexity index is 713. The van der Waals surface area contributed by atoms with Crippen molar-refractivity contribution in [2.75, 3.05) is 13.1 Å². The molecule has 3 fully saturated rings. The van der Waals surface area contributed by atoms with Crippen LogP contribution >= 0.6 is 0 Å². The van der Waals surface area contributed by atoms with Gasteiger partial charge in [-0.3, -0.25) is 14.7 Å². The lowest BCUT2D eigenvalue weighted by atomic mass is 10.0. The van der Waals surface area contributed by atoms with E-state index in [2.05, 4.69) is 15.5 Å². The predicted molar refractivity (Wildman–Crippen MR) is 90.9 cm³/mol. The van der Waals surface area contributed by atoms with Crippen LogP contribution in [0, 0.1) is 17.8 Å². The number of carbonyl (C=O) groups excluding carboxylic acids is 2. The number of aromatic amines is 1. The first-order valence-electron chi connectivity index (χ1n) is 9.53. The molecule has 0 spiro atoms. The van der Waals surface area contributed by atoms with E-state index in [1.54, 1.807) is 0 Å². The number of carbonyl (C=O) groups is 2. The number of H-pyrrole nitrogens is 1. The van der Waals surface area contributed by atoms with Gasteiger partial charge >= 0.3 is 0 Å². The molecule has 0 aromatic carbocycles. The first-order valence-corrected chi connectivity index (χ1v) is 9.53. The number of nitrogens with zero attached hydrogens (tertiary/aromatic N) is 2. The Morgan fingerprint density at radius 3 is 2.59 bits per heavy atom. The molecule has 9 heteroatoms. The van der Waals surface area contributed by atoms with Crippen molar-refractivity contribution >= 4 is 11.8 Å². The van der Waals surface area contributed by atoms with Crippen molar-refractivity contribution in [3.63, 3.8) is 0 Å². The fraction of sp³-hybridized carbons (Fsp3) is 0.722. The van der Waals surface area contributed by atoms with Gasteiger partial charge in [0.2, 0.25) is 5.91 Å². The lowest BCUT2D eigenvalue weighted by Crippen LogP contribution is -2.40. The Hall–Kier alpha value is -2.03. The summed E-state index contributed by atoms with van der Waals surface area (Å²) < 4.78 is 25.2. The van der Waals surface area contributed by atoms with Crippen molar-refractivity contribution in [3.05, 3.63) is 17.5 Å². The van der Waals surface area contributed by atoms with Crippen molar-refractivity contribution < 1.29 is 23.5 Å². The topological polar surface area (TPSA) is 98.3 Å². The molecule has 0 unspecified atom stereocenters. The maximum atomic E-state index is 12.8. The molecular weight excluding hydrogens is 358 g/mol. The summed E-state index contributed by atoms with van der Waals surface area (Å²) >= 11 is 0. The van der Waals surface area contributed by atoms with Gasteiger partial charge < -0.3 is 15.3 Å². The summed E-state index contributed by atoms with van der Waals surface area (Å²) in [6.45, 7) is 1.60. The summed E-state index contributed by atoms with van der Waals surface area (Å²) in [5.74, 6) is 0.324. The number of aliphatic hydroxyl groups excluding tert-OH is 1. The highest BCUT2D eigenvalue weighted by Gasteiger charge is 2.44. The molecule has 2 aliphatic carbocycles. The summed E-state index contributed by atoms with van der Waals surface area (Å²) in [7, 11) is 0. The molecule has 2 amide bonds. The van der Waals surface area contributed by atoms with Crippen molar-refractivity contribution in [1.82, 2.24) is 20.4 Å².